The quantitative estimate of drug-likeness (QED) is 0.777. The van der Waals surface area contributed by atoms with E-state index in [0.29, 0.717) is 12.2 Å². The minimum absolute atomic E-state index is 0.0720. The molecular weight excluding hydrogens is 286 g/mol. The Hall–Kier alpha value is -2.36. The van der Waals surface area contributed by atoms with Crippen molar-refractivity contribution in [3.63, 3.8) is 0 Å². The van der Waals surface area contributed by atoms with Gasteiger partial charge < -0.3 is 10.2 Å². The first-order valence-corrected chi connectivity index (χ1v) is 8.24. The SMILES string of the molecule is CCCCNc1ccnc(C(=O)N(CC)c2cccc(C)c2)c1. The van der Waals surface area contributed by atoms with E-state index in [2.05, 4.69) is 17.2 Å². The predicted octanol–water partition coefficient (Wildman–Crippen LogP) is 4.27. The number of rotatable bonds is 7. The topological polar surface area (TPSA) is 45.2 Å². The summed E-state index contributed by atoms with van der Waals surface area (Å²) < 4.78 is 0. The van der Waals surface area contributed by atoms with Crippen LogP contribution in [0.3, 0.4) is 0 Å². The number of amides is 1. The first-order chi connectivity index (χ1) is 11.2. The fourth-order valence-corrected chi connectivity index (χ4v) is 2.44. The molecule has 1 aromatic carbocycles. The maximum absolute atomic E-state index is 12.8. The maximum Gasteiger partial charge on any atom is 0.276 e. The van der Waals surface area contributed by atoms with Gasteiger partial charge in [-0.25, -0.2) is 0 Å². The van der Waals surface area contributed by atoms with E-state index in [4.69, 9.17) is 0 Å². The number of nitrogens with zero attached hydrogens (tertiary/aromatic N) is 2. The van der Waals surface area contributed by atoms with Crippen LogP contribution in [0.25, 0.3) is 0 Å². The van der Waals surface area contributed by atoms with E-state index in [1.54, 1.807) is 11.1 Å². The van der Waals surface area contributed by atoms with Gasteiger partial charge in [-0.05, 0) is 50.1 Å². The molecule has 0 radical (unpaired) electrons. The van der Waals surface area contributed by atoms with E-state index in [1.807, 2.05) is 50.2 Å². The van der Waals surface area contributed by atoms with Crippen molar-refractivity contribution in [2.45, 2.75) is 33.6 Å². The molecule has 4 heteroatoms. The molecule has 0 atom stereocenters. The summed E-state index contributed by atoms with van der Waals surface area (Å²) in [7, 11) is 0. The number of aryl methyl sites for hydroxylation is 1. The number of carbonyl (C=O) groups excluding carboxylic acids is 1. The number of hydrogen-bond donors (Lipinski definition) is 1. The molecule has 23 heavy (non-hydrogen) atoms. The van der Waals surface area contributed by atoms with Crippen LogP contribution in [-0.2, 0) is 0 Å². The van der Waals surface area contributed by atoms with Crippen molar-refractivity contribution in [3.8, 4) is 0 Å². The molecule has 0 saturated carbocycles. The fraction of sp³-hybridized carbons (Fsp3) is 0.368. The van der Waals surface area contributed by atoms with Gasteiger partial charge in [0.2, 0.25) is 0 Å². The maximum atomic E-state index is 12.8. The summed E-state index contributed by atoms with van der Waals surface area (Å²) >= 11 is 0. The molecule has 0 saturated heterocycles. The van der Waals surface area contributed by atoms with Crippen LogP contribution in [0.4, 0.5) is 11.4 Å². The number of benzene rings is 1. The van der Waals surface area contributed by atoms with E-state index in [-0.39, 0.29) is 5.91 Å². The number of aromatic nitrogens is 1. The highest BCUT2D eigenvalue weighted by Gasteiger charge is 2.17. The molecule has 1 N–H and O–H groups in total. The lowest BCUT2D eigenvalue weighted by Gasteiger charge is -2.21. The van der Waals surface area contributed by atoms with Crippen LogP contribution in [0.5, 0.6) is 0 Å². The van der Waals surface area contributed by atoms with Crippen molar-refractivity contribution < 1.29 is 4.79 Å². The predicted molar refractivity (Wildman–Crippen MR) is 96.2 cm³/mol. The van der Waals surface area contributed by atoms with Gasteiger partial charge in [0.1, 0.15) is 5.69 Å². The Bertz CT molecular complexity index is 655. The second-order valence-corrected chi connectivity index (χ2v) is 5.60. The third-order valence-electron chi connectivity index (χ3n) is 3.71. The third kappa shape index (κ3) is 4.55. The highest BCUT2D eigenvalue weighted by Crippen LogP contribution is 2.19. The number of carbonyl (C=O) groups is 1. The van der Waals surface area contributed by atoms with Gasteiger partial charge in [-0.2, -0.15) is 0 Å². The zero-order valence-corrected chi connectivity index (χ0v) is 14.2. The molecule has 2 aromatic rings. The molecule has 0 aliphatic carbocycles. The molecule has 1 aromatic heterocycles. The van der Waals surface area contributed by atoms with Gasteiger partial charge in [0.25, 0.3) is 5.91 Å². The Morgan fingerprint density at radius 1 is 1.22 bits per heavy atom. The van der Waals surface area contributed by atoms with E-state index < -0.39 is 0 Å². The van der Waals surface area contributed by atoms with Gasteiger partial charge in [-0.3, -0.25) is 9.78 Å². The van der Waals surface area contributed by atoms with Crippen LogP contribution < -0.4 is 10.2 Å². The van der Waals surface area contributed by atoms with Crippen LogP contribution in [0.1, 0.15) is 42.7 Å². The van der Waals surface area contributed by atoms with Crippen molar-refractivity contribution in [2.75, 3.05) is 23.3 Å². The van der Waals surface area contributed by atoms with Crippen molar-refractivity contribution in [1.29, 1.82) is 0 Å². The zero-order chi connectivity index (χ0) is 16.7. The summed E-state index contributed by atoms with van der Waals surface area (Å²) in [6.45, 7) is 7.67. The summed E-state index contributed by atoms with van der Waals surface area (Å²) in [5, 5.41) is 3.34. The first-order valence-electron chi connectivity index (χ1n) is 8.24. The van der Waals surface area contributed by atoms with Crippen LogP contribution in [0.15, 0.2) is 42.6 Å². The number of hydrogen-bond acceptors (Lipinski definition) is 3. The summed E-state index contributed by atoms with van der Waals surface area (Å²) in [6.07, 6.45) is 3.93. The Labute approximate surface area is 138 Å². The number of nitrogens with one attached hydrogen (secondary N) is 1. The molecule has 0 fully saturated rings. The molecule has 1 amide bonds. The van der Waals surface area contributed by atoms with Crippen LogP contribution in [-0.4, -0.2) is 24.0 Å². The lowest BCUT2D eigenvalue weighted by atomic mass is 10.2. The number of anilines is 2. The Balaban J connectivity index is 2.19. The van der Waals surface area contributed by atoms with E-state index >= 15 is 0 Å². The molecule has 122 valence electrons. The molecular formula is C19H25N3O. The molecule has 2 rings (SSSR count). The van der Waals surface area contributed by atoms with E-state index in [9.17, 15) is 4.79 Å². The zero-order valence-electron chi connectivity index (χ0n) is 14.2. The lowest BCUT2D eigenvalue weighted by Crippen LogP contribution is -2.31. The summed E-state index contributed by atoms with van der Waals surface area (Å²) in [5.74, 6) is -0.0720. The van der Waals surface area contributed by atoms with Crippen molar-refractivity contribution >= 4 is 17.3 Å². The van der Waals surface area contributed by atoms with Gasteiger partial charge in [-0.15, -0.1) is 0 Å². The summed E-state index contributed by atoms with van der Waals surface area (Å²) in [4.78, 5) is 18.8. The normalized spacial score (nSPS) is 10.4. The van der Waals surface area contributed by atoms with E-state index in [1.165, 1.54) is 0 Å². The van der Waals surface area contributed by atoms with E-state index in [0.717, 1.165) is 36.3 Å². The molecule has 0 aliphatic heterocycles. The van der Waals surface area contributed by atoms with Gasteiger partial charge in [-0.1, -0.05) is 25.5 Å². The Morgan fingerprint density at radius 3 is 2.74 bits per heavy atom. The molecule has 0 spiro atoms. The number of pyridine rings is 1. The molecule has 4 nitrogen and oxygen atoms in total. The van der Waals surface area contributed by atoms with Gasteiger partial charge in [0.05, 0.1) is 0 Å². The monoisotopic (exact) mass is 311 g/mol. The third-order valence-corrected chi connectivity index (χ3v) is 3.71. The van der Waals surface area contributed by atoms with Crippen molar-refractivity contribution in [3.05, 3.63) is 53.9 Å². The summed E-state index contributed by atoms with van der Waals surface area (Å²) in [5.41, 5.74) is 3.45. The van der Waals surface area contributed by atoms with Crippen molar-refractivity contribution in [2.24, 2.45) is 0 Å². The highest BCUT2D eigenvalue weighted by atomic mass is 16.2. The number of unbranched alkanes of at least 4 members (excludes halogenated alkanes) is 1. The highest BCUT2D eigenvalue weighted by molar-refractivity contribution is 6.05. The van der Waals surface area contributed by atoms with Gasteiger partial charge in [0, 0.05) is 30.7 Å². The largest absolute Gasteiger partial charge is 0.385 e. The Kier molecular flexibility index (Phi) is 6.15. The molecule has 1 heterocycles. The van der Waals surface area contributed by atoms with Crippen LogP contribution in [0.2, 0.25) is 0 Å². The van der Waals surface area contributed by atoms with Crippen LogP contribution >= 0.6 is 0 Å². The van der Waals surface area contributed by atoms with Gasteiger partial charge in [0.15, 0.2) is 0 Å². The molecule has 0 aliphatic rings. The fourth-order valence-electron chi connectivity index (χ4n) is 2.44. The standard InChI is InChI=1S/C19H25N3O/c1-4-6-11-20-16-10-12-21-18(14-16)19(23)22(5-2)17-9-7-8-15(3)13-17/h7-10,12-14H,4-6,11H2,1-3H3,(H,20,21). The average molecular weight is 311 g/mol. The van der Waals surface area contributed by atoms with Crippen molar-refractivity contribution in [1.82, 2.24) is 4.98 Å². The first kappa shape index (κ1) is 17.0. The second kappa shape index (κ2) is 8.32. The minimum Gasteiger partial charge on any atom is -0.385 e. The lowest BCUT2D eigenvalue weighted by molar-refractivity contribution is 0.0983. The smallest absolute Gasteiger partial charge is 0.276 e. The summed E-state index contributed by atoms with van der Waals surface area (Å²) in [6, 6.07) is 11.7. The minimum atomic E-state index is -0.0720. The molecule has 0 bridgehead atoms. The molecule has 0 unspecified atom stereocenters. The second-order valence-electron chi connectivity index (χ2n) is 5.60. The Morgan fingerprint density at radius 2 is 2.04 bits per heavy atom. The van der Waals surface area contributed by atoms with Crippen LogP contribution in [0, 0.1) is 6.92 Å². The van der Waals surface area contributed by atoms with Gasteiger partial charge >= 0.3 is 0 Å². The average Bonchev–Trinajstić information content (AvgIpc) is 2.56.